The van der Waals surface area contributed by atoms with Gasteiger partial charge >= 0.3 is 0 Å². The molecule has 8 heteroatoms. The van der Waals surface area contributed by atoms with Crippen molar-refractivity contribution in [2.24, 2.45) is 0 Å². The summed E-state index contributed by atoms with van der Waals surface area (Å²) < 4.78 is 15.1. The van der Waals surface area contributed by atoms with Crippen molar-refractivity contribution in [3.63, 3.8) is 0 Å². The average molecular weight is 477 g/mol. The van der Waals surface area contributed by atoms with Crippen LogP contribution in [-0.2, 0) is 6.42 Å². The molecule has 0 saturated heterocycles. The standard InChI is InChI=1S/C23H17Cl3FN3O/c1-2-13-17(25)11-29-23(19(13)27)30-21(14-6-3-7-16(24)18(14)26)15-9-8-12-5-4-10-28-20(12)22(15)31/h3-11,21,31H,2H2,1H3,(H,29,30). The van der Waals surface area contributed by atoms with Gasteiger partial charge in [-0.15, -0.1) is 0 Å². The largest absolute Gasteiger partial charge is 0.505 e. The number of hydrogen-bond acceptors (Lipinski definition) is 4. The Kier molecular flexibility index (Phi) is 6.19. The van der Waals surface area contributed by atoms with E-state index in [4.69, 9.17) is 34.8 Å². The molecular formula is C23H17Cl3FN3O. The Labute approximate surface area is 193 Å². The SMILES string of the molecule is CCc1c(Cl)cnc(NC(c2cccc(Cl)c2Cl)c2ccc3cccnc3c2O)c1F. The van der Waals surface area contributed by atoms with Crippen LogP contribution in [0.3, 0.4) is 0 Å². The molecule has 0 radical (unpaired) electrons. The first-order valence-electron chi connectivity index (χ1n) is 9.52. The Hall–Kier alpha value is -2.60. The fourth-order valence-electron chi connectivity index (χ4n) is 3.51. The van der Waals surface area contributed by atoms with Crippen LogP contribution in [-0.4, -0.2) is 15.1 Å². The number of aromatic hydroxyl groups is 1. The third kappa shape index (κ3) is 4.01. The fourth-order valence-corrected chi connectivity index (χ4v) is 4.19. The zero-order chi connectivity index (χ0) is 22.1. The van der Waals surface area contributed by atoms with Crippen molar-refractivity contribution < 1.29 is 9.50 Å². The summed E-state index contributed by atoms with van der Waals surface area (Å²) in [6.45, 7) is 1.81. The van der Waals surface area contributed by atoms with Gasteiger partial charge in [-0.25, -0.2) is 9.37 Å². The summed E-state index contributed by atoms with van der Waals surface area (Å²) in [5.41, 5.74) is 1.77. The molecule has 31 heavy (non-hydrogen) atoms. The van der Waals surface area contributed by atoms with Gasteiger partial charge in [-0.05, 0) is 24.1 Å². The van der Waals surface area contributed by atoms with Gasteiger partial charge in [0, 0.05) is 28.9 Å². The van der Waals surface area contributed by atoms with E-state index in [0.717, 1.165) is 5.39 Å². The maximum absolute atomic E-state index is 15.1. The second-order valence-corrected chi connectivity index (χ2v) is 8.09. The molecule has 0 bridgehead atoms. The zero-order valence-electron chi connectivity index (χ0n) is 16.3. The Morgan fingerprint density at radius 3 is 2.58 bits per heavy atom. The van der Waals surface area contributed by atoms with Gasteiger partial charge in [0.2, 0.25) is 0 Å². The lowest BCUT2D eigenvalue weighted by atomic mass is 9.96. The van der Waals surface area contributed by atoms with Crippen LogP contribution >= 0.6 is 34.8 Å². The molecule has 0 saturated carbocycles. The number of phenolic OH excluding ortho intramolecular Hbond substituents is 1. The van der Waals surface area contributed by atoms with Crippen LogP contribution in [0.4, 0.5) is 10.2 Å². The van der Waals surface area contributed by atoms with Crippen LogP contribution in [0.5, 0.6) is 5.75 Å². The van der Waals surface area contributed by atoms with Gasteiger partial charge in [-0.3, -0.25) is 4.98 Å². The molecule has 4 rings (SSSR count). The number of halogens is 4. The van der Waals surface area contributed by atoms with Crippen molar-refractivity contribution in [3.05, 3.63) is 92.4 Å². The summed E-state index contributed by atoms with van der Waals surface area (Å²) >= 11 is 18.8. The van der Waals surface area contributed by atoms with Crippen molar-refractivity contribution >= 4 is 51.5 Å². The van der Waals surface area contributed by atoms with Gasteiger partial charge in [-0.1, -0.05) is 72.1 Å². The summed E-state index contributed by atoms with van der Waals surface area (Å²) in [6, 6.07) is 11.6. The highest BCUT2D eigenvalue weighted by Gasteiger charge is 2.25. The topological polar surface area (TPSA) is 58.0 Å². The van der Waals surface area contributed by atoms with Gasteiger partial charge in [0.05, 0.1) is 21.1 Å². The van der Waals surface area contributed by atoms with E-state index in [2.05, 4.69) is 15.3 Å². The van der Waals surface area contributed by atoms with Crippen LogP contribution in [0.1, 0.15) is 29.7 Å². The van der Waals surface area contributed by atoms with E-state index in [-0.39, 0.29) is 21.6 Å². The van der Waals surface area contributed by atoms with Crippen LogP contribution in [0.25, 0.3) is 10.9 Å². The maximum Gasteiger partial charge on any atom is 0.170 e. The van der Waals surface area contributed by atoms with Crippen LogP contribution in [0.15, 0.2) is 54.9 Å². The first-order chi connectivity index (χ1) is 14.9. The number of nitrogens with zero attached hydrogens (tertiary/aromatic N) is 2. The quantitative estimate of drug-likeness (QED) is 0.320. The van der Waals surface area contributed by atoms with E-state index in [1.54, 1.807) is 43.5 Å². The Balaban J connectivity index is 1.92. The normalized spacial score (nSPS) is 12.2. The molecule has 2 N–H and O–H groups in total. The van der Waals surface area contributed by atoms with Crippen molar-refractivity contribution in [2.75, 3.05) is 5.32 Å². The third-order valence-electron chi connectivity index (χ3n) is 5.09. The number of aromatic nitrogens is 2. The van der Waals surface area contributed by atoms with E-state index < -0.39 is 11.9 Å². The number of phenols is 1. The second-order valence-electron chi connectivity index (χ2n) is 6.90. The highest BCUT2D eigenvalue weighted by Crippen LogP contribution is 2.41. The molecule has 0 aliphatic carbocycles. The number of pyridine rings is 2. The number of nitrogens with one attached hydrogen (secondary N) is 1. The molecule has 2 heterocycles. The average Bonchev–Trinajstić information content (AvgIpc) is 2.77. The minimum atomic E-state index is -0.759. The van der Waals surface area contributed by atoms with Gasteiger partial charge in [0.1, 0.15) is 11.3 Å². The van der Waals surface area contributed by atoms with Crippen molar-refractivity contribution in [2.45, 2.75) is 19.4 Å². The highest BCUT2D eigenvalue weighted by atomic mass is 35.5. The number of hydrogen-bond donors (Lipinski definition) is 2. The van der Waals surface area contributed by atoms with E-state index in [1.807, 2.05) is 12.1 Å². The molecule has 4 aromatic rings. The van der Waals surface area contributed by atoms with E-state index in [1.165, 1.54) is 6.20 Å². The first kappa shape index (κ1) is 21.6. The molecule has 0 fully saturated rings. The van der Waals surface area contributed by atoms with E-state index in [9.17, 15) is 5.11 Å². The molecule has 0 spiro atoms. The zero-order valence-corrected chi connectivity index (χ0v) is 18.6. The molecule has 4 nitrogen and oxygen atoms in total. The predicted octanol–water partition coefficient (Wildman–Crippen LogP) is 7.20. The predicted molar refractivity (Wildman–Crippen MR) is 124 cm³/mol. The summed E-state index contributed by atoms with van der Waals surface area (Å²) in [5.74, 6) is -0.615. The van der Waals surface area contributed by atoms with E-state index >= 15 is 4.39 Å². The lowest BCUT2D eigenvalue weighted by Crippen LogP contribution is -2.16. The lowest BCUT2D eigenvalue weighted by molar-refractivity contribution is 0.471. The van der Waals surface area contributed by atoms with E-state index in [0.29, 0.717) is 33.7 Å². The third-order valence-corrected chi connectivity index (χ3v) is 6.24. The molecule has 1 unspecified atom stereocenters. The summed E-state index contributed by atoms with van der Waals surface area (Å²) in [7, 11) is 0. The van der Waals surface area contributed by atoms with Gasteiger partial charge in [0.25, 0.3) is 0 Å². The Bertz CT molecular complexity index is 1280. The number of rotatable bonds is 5. The van der Waals surface area contributed by atoms with Gasteiger partial charge in [0.15, 0.2) is 11.6 Å². The fraction of sp³-hybridized carbons (Fsp3) is 0.130. The molecule has 158 valence electrons. The number of benzene rings is 2. The molecule has 0 amide bonds. The van der Waals surface area contributed by atoms with Crippen LogP contribution in [0.2, 0.25) is 15.1 Å². The number of anilines is 1. The monoisotopic (exact) mass is 475 g/mol. The molecule has 2 aromatic carbocycles. The van der Waals surface area contributed by atoms with Gasteiger partial charge < -0.3 is 10.4 Å². The van der Waals surface area contributed by atoms with Crippen molar-refractivity contribution in [1.82, 2.24) is 9.97 Å². The highest BCUT2D eigenvalue weighted by molar-refractivity contribution is 6.42. The second kappa shape index (κ2) is 8.87. The smallest absolute Gasteiger partial charge is 0.170 e. The minimum absolute atomic E-state index is 0.0113. The molecule has 0 aliphatic rings. The molecule has 1 atom stereocenters. The van der Waals surface area contributed by atoms with Crippen LogP contribution in [0, 0.1) is 5.82 Å². The number of fused-ring (bicyclic) bond motifs is 1. The summed E-state index contributed by atoms with van der Waals surface area (Å²) in [5, 5.41) is 15.7. The Morgan fingerprint density at radius 2 is 1.81 bits per heavy atom. The Morgan fingerprint density at radius 1 is 1.00 bits per heavy atom. The van der Waals surface area contributed by atoms with Crippen LogP contribution < -0.4 is 5.32 Å². The first-order valence-corrected chi connectivity index (χ1v) is 10.7. The lowest BCUT2D eigenvalue weighted by Gasteiger charge is -2.24. The summed E-state index contributed by atoms with van der Waals surface area (Å²) in [4.78, 5) is 8.41. The summed E-state index contributed by atoms with van der Waals surface area (Å²) in [6.07, 6.45) is 3.38. The maximum atomic E-state index is 15.1. The van der Waals surface area contributed by atoms with Crippen molar-refractivity contribution in [3.8, 4) is 5.75 Å². The molecule has 0 aliphatic heterocycles. The molecular weight excluding hydrogens is 460 g/mol. The minimum Gasteiger partial charge on any atom is -0.505 e. The van der Waals surface area contributed by atoms with Gasteiger partial charge in [-0.2, -0.15) is 0 Å². The van der Waals surface area contributed by atoms with Crippen molar-refractivity contribution in [1.29, 1.82) is 0 Å². The molecule has 2 aromatic heterocycles.